The van der Waals surface area contributed by atoms with Crippen molar-refractivity contribution in [1.29, 1.82) is 0 Å². The maximum atomic E-state index is 13.5. The summed E-state index contributed by atoms with van der Waals surface area (Å²) in [6, 6.07) is 4.47. The maximum Gasteiger partial charge on any atom is 0.225 e. The fourth-order valence-electron chi connectivity index (χ4n) is 1.31. The highest BCUT2D eigenvalue weighted by Gasteiger charge is 2.08. The van der Waals surface area contributed by atoms with Crippen LogP contribution in [0.5, 0.6) is 0 Å². The summed E-state index contributed by atoms with van der Waals surface area (Å²) < 4.78 is 14.9. The number of nitrogens with one attached hydrogen (secondary N) is 1. The number of amides is 1. The molecule has 0 radical (unpaired) electrons. The van der Waals surface area contributed by atoms with Crippen molar-refractivity contribution < 1.29 is 9.18 Å². The van der Waals surface area contributed by atoms with E-state index < -0.39 is 5.82 Å². The number of carbonyl (C=O) groups is 1. The van der Waals surface area contributed by atoms with Crippen LogP contribution in [0.4, 0.5) is 15.2 Å². The Balaban J connectivity index is 1.80. The number of carbonyl (C=O) groups excluding carboxylic acids is 1. The van der Waals surface area contributed by atoms with Gasteiger partial charge < -0.3 is 11.1 Å². The standard InChI is InChI=1S/C11H10BrFN4OS2/c12-6-1-2-8(7(13)5-6)15-9(18)3-4-19-11-17-16-10(14)20-11/h1-2,5H,3-4H2,(H2,14,16)(H,15,18). The molecule has 0 atom stereocenters. The molecule has 0 saturated heterocycles. The van der Waals surface area contributed by atoms with E-state index in [1.807, 2.05) is 0 Å². The number of hydrogen-bond donors (Lipinski definition) is 2. The number of rotatable bonds is 5. The molecule has 1 aromatic heterocycles. The first-order valence-corrected chi connectivity index (χ1v) is 8.11. The lowest BCUT2D eigenvalue weighted by atomic mass is 10.3. The molecule has 2 aromatic rings. The number of benzene rings is 1. The van der Waals surface area contributed by atoms with Crippen molar-refractivity contribution in [2.24, 2.45) is 0 Å². The number of aromatic nitrogens is 2. The zero-order valence-electron chi connectivity index (χ0n) is 10.1. The van der Waals surface area contributed by atoms with Crippen LogP contribution in [0.3, 0.4) is 0 Å². The Labute approximate surface area is 131 Å². The molecule has 3 N–H and O–H groups in total. The van der Waals surface area contributed by atoms with E-state index in [0.29, 0.717) is 19.7 Å². The van der Waals surface area contributed by atoms with Gasteiger partial charge in [0.1, 0.15) is 5.82 Å². The van der Waals surface area contributed by atoms with Gasteiger partial charge in [-0.25, -0.2) is 4.39 Å². The SMILES string of the molecule is Nc1nnc(SCCC(=O)Nc2ccc(Br)cc2F)s1. The van der Waals surface area contributed by atoms with Gasteiger partial charge in [-0.1, -0.05) is 39.0 Å². The number of anilines is 2. The molecule has 9 heteroatoms. The Bertz CT molecular complexity index is 622. The molecule has 0 aliphatic carbocycles. The van der Waals surface area contributed by atoms with Crippen LogP contribution in [0.1, 0.15) is 6.42 Å². The van der Waals surface area contributed by atoms with Gasteiger partial charge in [0.15, 0.2) is 4.34 Å². The van der Waals surface area contributed by atoms with E-state index in [0.717, 1.165) is 0 Å². The number of halogens is 2. The smallest absolute Gasteiger partial charge is 0.225 e. The van der Waals surface area contributed by atoms with Gasteiger partial charge in [0.05, 0.1) is 5.69 Å². The third-order valence-corrected chi connectivity index (χ3v) is 4.56. The Morgan fingerprint density at radius 3 is 2.95 bits per heavy atom. The van der Waals surface area contributed by atoms with E-state index in [9.17, 15) is 9.18 Å². The van der Waals surface area contributed by atoms with Crippen molar-refractivity contribution in [3.63, 3.8) is 0 Å². The number of nitrogens with two attached hydrogens (primary N) is 1. The fourth-order valence-corrected chi connectivity index (χ4v) is 3.29. The van der Waals surface area contributed by atoms with Gasteiger partial charge in [-0.3, -0.25) is 4.79 Å². The predicted molar refractivity (Wildman–Crippen MR) is 82.4 cm³/mol. The Kier molecular flexibility index (Phi) is 5.32. The minimum atomic E-state index is -0.475. The molecular weight excluding hydrogens is 367 g/mol. The number of nitrogen functional groups attached to an aromatic ring is 1. The van der Waals surface area contributed by atoms with Crippen molar-refractivity contribution in [3.8, 4) is 0 Å². The van der Waals surface area contributed by atoms with Crippen LogP contribution in [0.2, 0.25) is 0 Å². The number of hydrogen-bond acceptors (Lipinski definition) is 6. The molecule has 0 saturated carbocycles. The number of nitrogens with zero attached hydrogens (tertiary/aromatic N) is 2. The first-order chi connectivity index (χ1) is 9.54. The monoisotopic (exact) mass is 376 g/mol. The highest BCUT2D eigenvalue weighted by atomic mass is 79.9. The summed E-state index contributed by atoms with van der Waals surface area (Å²) in [5.74, 6) is -0.202. The van der Waals surface area contributed by atoms with Gasteiger partial charge in [-0.2, -0.15) is 0 Å². The fraction of sp³-hybridized carbons (Fsp3) is 0.182. The van der Waals surface area contributed by atoms with E-state index in [1.165, 1.54) is 35.2 Å². The van der Waals surface area contributed by atoms with Gasteiger partial charge in [-0.15, -0.1) is 10.2 Å². The maximum absolute atomic E-state index is 13.5. The molecule has 20 heavy (non-hydrogen) atoms. The summed E-state index contributed by atoms with van der Waals surface area (Å²) in [5.41, 5.74) is 5.62. The van der Waals surface area contributed by atoms with Gasteiger partial charge in [0.2, 0.25) is 11.0 Å². The Morgan fingerprint density at radius 1 is 1.50 bits per heavy atom. The molecule has 0 aliphatic rings. The molecular formula is C11H10BrFN4OS2. The molecule has 2 rings (SSSR count). The lowest BCUT2D eigenvalue weighted by molar-refractivity contribution is -0.115. The van der Waals surface area contributed by atoms with Crippen LogP contribution in [-0.4, -0.2) is 21.9 Å². The van der Waals surface area contributed by atoms with Gasteiger partial charge in [-0.05, 0) is 18.2 Å². The van der Waals surface area contributed by atoms with Gasteiger partial charge >= 0.3 is 0 Å². The molecule has 106 valence electrons. The topological polar surface area (TPSA) is 80.9 Å². The molecule has 5 nitrogen and oxygen atoms in total. The first kappa shape index (κ1) is 15.2. The summed E-state index contributed by atoms with van der Waals surface area (Å²) in [6.07, 6.45) is 0.250. The third-order valence-electron chi connectivity index (χ3n) is 2.18. The molecule has 0 unspecified atom stereocenters. The largest absolute Gasteiger partial charge is 0.374 e. The Hall–Kier alpha value is -1.19. The summed E-state index contributed by atoms with van der Waals surface area (Å²) in [7, 11) is 0. The van der Waals surface area contributed by atoms with Crippen LogP contribution in [-0.2, 0) is 4.79 Å². The van der Waals surface area contributed by atoms with Crippen molar-refractivity contribution in [2.75, 3.05) is 16.8 Å². The molecule has 0 spiro atoms. The van der Waals surface area contributed by atoms with E-state index in [4.69, 9.17) is 5.73 Å². The minimum Gasteiger partial charge on any atom is -0.374 e. The highest BCUT2D eigenvalue weighted by Crippen LogP contribution is 2.24. The second-order valence-corrected chi connectivity index (χ2v) is 6.94. The van der Waals surface area contributed by atoms with Gasteiger partial charge in [0.25, 0.3) is 0 Å². The van der Waals surface area contributed by atoms with Crippen molar-refractivity contribution in [2.45, 2.75) is 10.8 Å². The summed E-state index contributed by atoms with van der Waals surface area (Å²) in [6.45, 7) is 0. The van der Waals surface area contributed by atoms with E-state index >= 15 is 0 Å². The summed E-state index contributed by atoms with van der Waals surface area (Å²) >= 11 is 5.81. The second-order valence-electron chi connectivity index (χ2n) is 3.68. The minimum absolute atomic E-state index is 0.170. The molecule has 1 heterocycles. The quantitative estimate of drug-likeness (QED) is 0.783. The van der Waals surface area contributed by atoms with E-state index in [2.05, 4.69) is 31.4 Å². The number of thioether (sulfide) groups is 1. The highest BCUT2D eigenvalue weighted by molar-refractivity contribution is 9.10. The predicted octanol–water partition coefficient (Wildman–Crippen LogP) is 3.14. The van der Waals surface area contributed by atoms with Gasteiger partial charge in [0, 0.05) is 16.6 Å². The zero-order chi connectivity index (χ0) is 14.5. The van der Waals surface area contributed by atoms with Crippen LogP contribution in [0.15, 0.2) is 27.0 Å². The zero-order valence-corrected chi connectivity index (χ0v) is 13.3. The van der Waals surface area contributed by atoms with Crippen molar-refractivity contribution >= 4 is 55.8 Å². The molecule has 1 amide bonds. The van der Waals surface area contributed by atoms with Crippen LogP contribution in [0.25, 0.3) is 0 Å². The molecule has 0 aliphatic heterocycles. The summed E-state index contributed by atoms with van der Waals surface area (Å²) in [5, 5.41) is 10.4. The van der Waals surface area contributed by atoms with Crippen LogP contribution >= 0.6 is 39.0 Å². The molecule has 0 bridgehead atoms. The van der Waals surface area contributed by atoms with Crippen molar-refractivity contribution in [1.82, 2.24) is 10.2 Å². The molecule has 1 aromatic carbocycles. The summed E-state index contributed by atoms with van der Waals surface area (Å²) in [4.78, 5) is 11.7. The Morgan fingerprint density at radius 2 is 2.30 bits per heavy atom. The van der Waals surface area contributed by atoms with Crippen molar-refractivity contribution in [3.05, 3.63) is 28.5 Å². The lowest BCUT2D eigenvalue weighted by Gasteiger charge is -2.06. The second kappa shape index (κ2) is 7.00. The van der Waals surface area contributed by atoms with Crippen LogP contribution < -0.4 is 11.1 Å². The third kappa shape index (κ3) is 4.43. The first-order valence-electron chi connectivity index (χ1n) is 5.51. The molecule has 0 fully saturated rings. The van der Waals surface area contributed by atoms with E-state index in [-0.39, 0.29) is 18.0 Å². The lowest BCUT2D eigenvalue weighted by Crippen LogP contribution is -2.13. The average Bonchev–Trinajstić information content (AvgIpc) is 2.79. The normalized spacial score (nSPS) is 10.5. The average molecular weight is 377 g/mol. The van der Waals surface area contributed by atoms with Crippen LogP contribution in [0, 0.1) is 5.82 Å². The van der Waals surface area contributed by atoms with E-state index in [1.54, 1.807) is 6.07 Å².